The van der Waals surface area contributed by atoms with Crippen LogP contribution in [-0.4, -0.2) is 14.2 Å². The predicted molar refractivity (Wildman–Crippen MR) is 133 cm³/mol. The normalized spacial score (nSPS) is 10.6. The van der Waals surface area contributed by atoms with Gasteiger partial charge in [0.25, 0.3) is 0 Å². The van der Waals surface area contributed by atoms with Gasteiger partial charge >= 0.3 is 0 Å². The summed E-state index contributed by atoms with van der Waals surface area (Å²) in [7, 11) is 3.39. The van der Waals surface area contributed by atoms with E-state index < -0.39 is 0 Å². The van der Waals surface area contributed by atoms with Crippen molar-refractivity contribution < 1.29 is 9.47 Å². The standard InChI is InChI=1S/C30H28O2/c1-22(25-8-5-4-6-9-25)30-26(20-23-12-16-28(31-2)17-13-23)10-7-11-27(30)21-24-14-18-29(32-3)19-15-24/h4-19H,1,20-21H2,2-3H3. The third-order valence-electron chi connectivity index (χ3n) is 5.77. The van der Waals surface area contributed by atoms with E-state index >= 15 is 0 Å². The molecule has 4 aromatic rings. The maximum atomic E-state index is 5.32. The summed E-state index contributed by atoms with van der Waals surface area (Å²) in [6.07, 6.45) is 1.67. The van der Waals surface area contributed by atoms with Gasteiger partial charge in [0.1, 0.15) is 11.5 Å². The molecule has 4 aromatic carbocycles. The van der Waals surface area contributed by atoms with Gasteiger partial charge in [0, 0.05) is 0 Å². The van der Waals surface area contributed by atoms with Gasteiger partial charge in [-0.3, -0.25) is 0 Å². The summed E-state index contributed by atoms with van der Waals surface area (Å²) in [5.74, 6) is 1.74. The second kappa shape index (κ2) is 10.0. The van der Waals surface area contributed by atoms with Crippen molar-refractivity contribution in [2.75, 3.05) is 14.2 Å². The van der Waals surface area contributed by atoms with Crippen LogP contribution in [0, 0.1) is 0 Å². The van der Waals surface area contributed by atoms with Gasteiger partial charge in [0.15, 0.2) is 0 Å². The first kappa shape index (κ1) is 21.5. The van der Waals surface area contributed by atoms with Crippen LogP contribution in [0.25, 0.3) is 5.57 Å². The second-order valence-electron chi connectivity index (χ2n) is 7.85. The average Bonchev–Trinajstić information content (AvgIpc) is 2.85. The van der Waals surface area contributed by atoms with Crippen LogP contribution in [0.15, 0.2) is 104 Å². The number of ether oxygens (including phenoxy) is 2. The summed E-state index contributed by atoms with van der Waals surface area (Å²) < 4.78 is 10.6. The van der Waals surface area contributed by atoms with Gasteiger partial charge < -0.3 is 9.47 Å². The smallest absolute Gasteiger partial charge is 0.118 e. The van der Waals surface area contributed by atoms with E-state index in [0.717, 1.165) is 35.5 Å². The Balaban J connectivity index is 1.74. The zero-order valence-corrected chi connectivity index (χ0v) is 18.7. The lowest BCUT2D eigenvalue weighted by molar-refractivity contribution is 0.414. The van der Waals surface area contributed by atoms with E-state index in [-0.39, 0.29) is 0 Å². The Morgan fingerprint density at radius 2 is 1.06 bits per heavy atom. The molecule has 0 saturated carbocycles. The topological polar surface area (TPSA) is 18.5 Å². The van der Waals surface area contributed by atoms with E-state index in [1.807, 2.05) is 30.3 Å². The van der Waals surface area contributed by atoms with Gasteiger partial charge in [-0.25, -0.2) is 0 Å². The molecule has 0 heterocycles. The van der Waals surface area contributed by atoms with Gasteiger partial charge in [-0.05, 0) is 76.1 Å². The lowest BCUT2D eigenvalue weighted by Gasteiger charge is -2.18. The molecule has 0 amide bonds. The van der Waals surface area contributed by atoms with Gasteiger partial charge in [-0.1, -0.05) is 79.4 Å². The lowest BCUT2D eigenvalue weighted by atomic mass is 9.86. The van der Waals surface area contributed by atoms with Gasteiger partial charge in [-0.15, -0.1) is 0 Å². The van der Waals surface area contributed by atoms with Gasteiger partial charge in [0.05, 0.1) is 14.2 Å². The van der Waals surface area contributed by atoms with Crippen molar-refractivity contribution in [2.45, 2.75) is 12.8 Å². The molecule has 0 aliphatic rings. The summed E-state index contributed by atoms with van der Waals surface area (Å²) in [5.41, 5.74) is 8.46. The van der Waals surface area contributed by atoms with Crippen molar-refractivity contribution in [2.24, 2.45) is 0 Å². The molecule has 0 aliphatic carbocycles. The molecule has 0 radical (unpaired) electrons. The molecule has 0 aliphatic heterocycles. The third kappa shape index (κ3) is 4.92. The Morgan fingerprint density at radius 1 is 0.594 bits per heavy atom. The first-order valence-electron chi connectivity index (χ1n) is 10.8. The van der Waals surface area contributed by atoms with E-state index in [2.05, 4.69) is 73.3 Å². The fourth-order valence-corrected chi connectivity index (χ4v) is 4.05. The molecule has 0 unspecified atom stereocenters. The Kier molecular flexibility index (Phi) is 6.72. The lowest BCUT2D eigenvalue weighted by Crippen LogP contribution is -2.03. The third-order valence-corrected chi connectivity index (χ3v) is 5.77. The summed E-state index contributed by atoms with van der Waals surface area (Å²) in [6, 6.07) is 33.6. The van der Waals surface area contributed by atoms with Crippen molar-refractivity contribution >= 4 is 5.57 Å². The molecular formula is C30H28O2. The van der Waals surface area contributed by atoms with Crippen molar-refractivity contribution in [3.8, 4) is 11.5 Å². The molecule has 0 spiro atoms. The molecule has 32 heavy (non-hydrogen) atoms. The molecular weight excluding hydrogens is 392 g/mol. The van der Waals surface area contributed by atoms with Crippen LogP contribution >= 0.6 is 0 Å². The highest BCUT2D eigenvalue weighted by Gasteiger charge is 2.14. The molecule has 0 bridgehead atoms. The Morgan fingerprint density at radius 3 is 1.50 bits per heavy atom. The molecule has 0 aromatic heterocycles. The van der Waals surface area contributed by atoms with Crippen molar-refractivity contribution in [3.05, 3.63) is 137 Å². The highest BCUT2D eigenvalue weighted by Crippen LogP contribution is 2.31. The van der Waals surface area contributed by atoms with Crippen LogP contribution in [0.2, 0.25) is 0 Å². The maximum Gasteiger partial charge on any atom is 0.118 e. The highest BCUT2D eigenvalue weighted by molar-refractivity contribution is 5.82. The zero-order valence-electron chi connectivity index (χ0n) is 18.7. The molecule has 2 heteroatoms. The number of rotatable bonds is 8. The van der Waals surface area contributed by atoms with Crippen LogP contribution in [0.1, 0.15) is 33.4 Å². The molecule has 160 valence electrons. The molecule has 0 fully saturated rings. The monoisotopic (exact) mass is 420 g/mol. The SMILES string of the molecule is C=C(c1ccccc1)c1c(Cc2ccc(OC)cc2)cccc1Cc1ccc(OC)cc1. The summed E-state index contributed by atoms with van der Waals surface area (Å²) in [4.78, 5) is 0. The van der Waals surface area contributed by atoms with Gasteiger partial charge in [0.2, 0.25) is 0 Å². The van der Waals surface area contributed by atoms with Crippen LogP contribution in [-0.2, 0) is 12.8 Å². The van der Waals surface area contributed by atoms with Gasteiger partial charge in [-0.2, -0.15) is 0 Å². The number of methoxy groups -OCH3 is 2. The fraction of sp³-hybridized carbons (Fsp3) is 0.133. The number of hydrogen-bond acceptors (Lipinski definition) is 2. The quantitative estimate of drug-likeness (QED) is 0.307. The molecule has 0 saturated heterocycles. The van der Waals surface area contributed by atoms with E-state index in [1.54, 1.807) is 14.2 Å². The summed E-state index contributed by atoms with van der Waals surface area (Å²) >= 11 is 0. The number of hydrogen-bond donors (Lipinski definition) is 0. The second-order valence-corrected chi connectivity index (χ2v) is 7.85. The Bertz CT molecular complexity index is 1110. The van der Waals surface area contributed by atoms with E-state index in [9.17, 15) is 0 Å². The fourth-order valence-electron chi connectivity index (χ4n) is 4.05. The molecule has 0 atom stereocenters. The Hall–Kier alpha value is -3.78. The minimum atomic E-state index is 0.835. The summed E-state index contributed by atoms with van der Waals surface area (Å²) in [5, 5.41) is 0. The van der Waals surface area contributed by atoms with Crippen molar-refractivity contribution in [3.63, 3.8) is 0 Å². The average molecular weight is 421 g/mol. The maximum absolute atomic E-state index is 5.32. The summed E-state index contributed by atoms with van der Waals surface area (Å²) in [6.45, 7) is 4.51. The van der Waals surface area contributed by atoms with E-state index in [4.69, 9.17) is 9.47 Å². The predicted octanol–water partition coefficient (Wildman–Crippen LogP) is 6.95. The largest absolute Gasteiger partial charge is 0.497 e. The zero-order chi connectivity index (χ0) is 22.3. The molecule has 2 nitrogen and oxygen atoms in total. The number of benzene rings is 4. The van der Waals surface area contributed by atoms with E-state index in [0.29, 0.717) is 0 Å². The molecule has 0 N–H and O–H groups in total. The van der Waals surface area contributed by atoms with Crippen molar-refractivity contribution in [1.82, 2.24) is 0 Å². The highest BCUT2D eigenvalue weighted by atomic mass is 16.5. The van der Waals surface area contributed by atoms with Crippen LogP contribution < -0.4 is 9.47 Å². The minimum absolute atomic E-state index is 0.835. The van der Waals surface area contributed by atoms with Crippen molar-refractivity contribution in [1.29, 1.82) is 0 Å². The van der Waals surface area contributed by atoms with Crippen LogP contribution in [0.3, 0.4) is 0 Å². The van der Waals surface area contributed by atoms with Crippen LogP contribution in [0.5, 0.6) is 11.5 Å². The van der Waals surface area contributed by atoms with E-state index in [1.165, 1.54) is 27.8 Å². The first-order valence-corrected chi connectivity index (χ1v) is 10.8. The Labute approximate surface area is 190 Å². The molecule has 4 rings (SSSR count). The first-order chi connectivity index (χ1) is 15.7. The minimum Gasteiger partial charge on any atom is -0.497 e. The van der Waals surface area contributed by atoms with Crippen LogP contribution in [0.4, 0.5) is 0 Å².